The number of benzene rings is 1. The number of aryl methyl sites for hydroxylation is 2. The maximum Gasteiger partial charge on any atom is 0.0420 e. The zero-order valence-electron chi connectivity index (χ0n) is 9.64. The molecule has 0 heterocycles. The standard InChI is InChI=1S/C14H19N/c1-10-5-11(2)7-12(6-10)14(15)8-13(9-14)3-4-13/h5-7H,3-4,8-9,15H2,1-2H3. The maximum atomic E-state index is 6.48. The molecule has 1 nitrogen and oxygen atoms in total. The van der Waals surface area contributed by atoms with Crippen molar-refractivity contribution in [2.45, 2.75) is 45.1 Å². The highest BCUT2D eigenvalue weighted by molar-refractivity contribution is 5.37. The molecule has 0 radical (unpaired) electrons. The predicted molar refractivity (Wildman–Crippen MR) is 62.7 cm³/mol. The van der Waals surface area contributed by atoms with Crippen LogP contribution in [0, 0.1) is 19.3 Å². The first-order valence-electron chi connectivity index (χ1n) is 5.89. The second-order valence-electron chi connectivity index (χ2n) is 5.89. The van der Waals surface area contributed by atoms with Gasteiger partial charge in [0, 0.05) is 5.54 Å². The van der Waals surface area contributed by atoms with Crippen molar-refractivity contribution in [3.05, 3.63) is 34.9 Å². The van der Waals surface area contributed by atoms with Gasteiger partial charge in [-0.15, -0.1) is 0 Å². The molecule has 1 spiro atoms. The van der Waals surface area contributed by atoms with Crippen molar-refractivity contribution in [2.75, 3.05) is 0 Å². The number of hydrogen-bond acceptors (Lipinski definition) is 1. The predicted octanol–water partition coefficient (Wildman–Crippen LogP) is 3.03. The smallest absolute Gasteiger partial charge is 0.0420 e. The molecule has 2 aliphatic carbocycles. The lowest BCUT2D eigenvalue weighted by Gasteiger charge is -2.46. The minimum atomic E-state index is -0.00667. The summed E-state index contributed by atoms with van der Waals surface area (Å²) in [6.07, 6.45) is 5.25. The molecular formula is C14H19N. The second kappa shape index (κ2) is 2.65. The molecule has 0 aromatic heterocycles. The lowest BCUT2D eigenvalue weighted by Crippen LogP contribution is -2.50. The summed E-state index contributed by atoms with van der Waals surface area (Å²) in [4.78, 5) is 0. The fourth-order valence-corrected chi connectivity index (χ4v) is 3.28. The fourth-order valence-electron chi connectivity index (χ4n) is 3.28. The van der Waals surface area contributed by atoms with E-state index in [0.717, 1.165) is 0 Å². The summed E-state index contributed by atoms with van der Waals surface area (Å²) in [7, 11) is 0. The van der Waals surface area contributed by atoms with E-state index in [9.17, 15) is 0 Å². The normalized spacial score (nSPS) is 25.0. The topological polar surface area (TPSA) is 26.0 Å². The molecule has 1 aromatic rings. The quantitative estimate of drug-likeness (QED) is 0.742. The molecular weight excluding hydrogens is 182 g/mol. The van der Waals surface area contributed by atoms with Gasteiger partial charge in [-0.1, -0.05) is 29.3 Å². The molecule has 0 bridgehead atoms. The van der Waals surface area contributed by atoms with Gasteiger partial charge in [-0.05, 0) is 50.5 Å². The molecule has 2 fully saturated rings. The Morgan fingerprint density at radius 2 is 1.53 bits per heavy atom. The Hall–Kier alpha value is -0.820. The van der Waals surface area contributed by atoms with E-state index in [0.29, 0.717) is 5.41 Å². The van der Waals surface area contributed by atoms with E-state index in [2.05, 4.69) is 32.0 Å². The lowest BCUT2D eigenvalue weighted by molar-refractivity contribution is 0.125. The van der Waals surface area contributed by atoms with Gasteiger partial charge in [0.15, 0.2) is 0 Å². The largest absolute Gasteiger partial charge is 0.321 e. The third kappa shape index (κ3) is 1.41. The Labute approximate surface area is 91.7 Å². The first kappa shape index (κ1) is 9.41. The van der Waals surface area contributed by atoms with Crippen LogP contribution in [0.5, 0.6) is 0 Å². The van der Waals surface area contributed by atoms with Crippen LogP contribution in [0.25, 0.3) is 0 Å². The molecule has 3 rings (SSSR count). The van der Waals surface area contributed by atoms with Crippen molar-refractivity contribution in [1.29, 1.82) is 0 Å². The highest BCUT2D eigenvalue weighted by Gasteiger charge is 2.59. The average molecular weight is 201 g/mol. The highest BCUT2D eigenvalue weighted by atomic mass is 14.8. The molecule has 1 heteroatoms. The van der Waals surface area contributed by atoms with Crippen LogP contribution >= 0.6 is 0 Å². The summed E-state index contributed by atoms with van der Waals surface area (Å²) in [5, 5.41) is 0. The molecule has 1 aromatic carbocycles. The summed E-state index contributed by atoms with van der Waals surface area (Å²) in [5.74, 6) is 0. The van der Waals surface area contributed by atoms with E-state index in [1.165, 1.54) is 42.4 Å². The number of rotatable bonds is 1. The van der Waals surface area contributed by atoms with Crippen molar-refractivity contribution in [1.82, 2.24) is 0 Å². The van der Waals surface area contributed by atoms with Gasteiger partial charge < -0.3 is 5.73 Å². The van der Waals surface area contributed by atoms with Gasteiger partial charge in [0.25, 0.3) is 0 Å². The molecule has 0 atom stereocenters. The molecule has 0 saturated heterocycles. The third-order valence-electron chi connectivity index (χ3n) is 4.13. The molecule has 2 N–H and O–H groups in total. The van der Waals surface area contributed by atoms with E-state index in [1.54, 1.807) is 0 Å². The van der Waals surface area contributed by atoms with E-state index in [1.807, 2.05) is 0 Å². The van der Waals surface area contributed by atoms with E-state index in [4.69, 9.17) is 5.73 Å². The fraction of sp³-hybridized carbons (Fsp3) is 0.571. The Bertz CT molecular complexity index is 387. The Balaban J connectivity index is 1.92. The summed E-state index contributed by atoms with van der Waals surface area (Å²) in [5.41, 5.74) is 11.2. The first-order valence-corrected chi connectivity index (χ1v) is 5.89. The van der Waals surface area contributed by atoms with Gasteiger partial charge >= 0.3 is 0 Å². The van der Waals surface area contributed by atoms with Crippen molar-refractivity contribution in [2.24, 2.45) is 11.1 Å². The summed E-state index contributed by atoms with van der Waals surface area (Å²) < 4.78 is 0. The Morgan fingerprint density at radius 3 is 2.00 bits per heavy atom. The van der Waals surface area contributed by atoms with Crippen LogP contribution < -0.4 is 5.73 Å². The molecule has 80 valence electrons. The van der Waals surface area contributed by atoms with Crippen LogP contribution in [-0.2, 0) is 5.54 Å². The maximum absolute atomic E-state index is 6.48. The molecule has 0 aliphatic heterocycles. The van der Waals surface area contributed by atoms with Gasteiger partial charge in [-0.3, -0.25) is 0 Å². The Morgan fingerprint density at radius 1 is 1.00 bits per heavy atom. The molecule has 0 amide bonds. The summed E-state index contributed by atoms with van der Waals surface area (Å²) in [6, 6.07) is 6.75. The SMILES string of the molecule is Cc1cc(C)cc(C2(N)CC3(CC3)C2)c1. The van der Waals surface area contributed by atoms with Crippen LogP contribution in [0.2, 0.25) is 0 Å². The first-order chi connectivity index (χ1) is 7.01. The van der Waals surface area contributed by atoms with E-state index >= 15 is 0 Å². The summed E-state index contributed by atoms with van der Waals surface area (Å²) >= 11 is 0. The zero-order valence-corrected chi connectivity index (χ0v) is 9.64. The average Bonchev–Trinajstić information content (AvgIpc) is 2.81. The van der Waals surface area contributed by atoms with Crippen LogP contribution in [-0.4, -0.2) is 0 Å². The highest BCUT2D eigenvalue weighted by Crippen LogP contribution is 2.66. The number of nitrogens with two attached hydrogens (primary N) is 1. The van der Waals surface area contributed by atoms with Gasteiger partial charge in [0.1, 0.15) is 0 Å². The van der Waals surface area contributed by atoms with Gasteiger partial charge in [0.2, 0.25) is 0 Å². The van der Waals surface area contributed by atoms with Gasteiger partial charge in [-0.2, -0.15) is 0 Å². The van der Waals surface area contributed by atoms with E-state index < -0.39 is 0 Å². The summed E-state index contributed by atoms with van der Waals surface area (Å²) in [6.45, 7) is 4.32. The zero-order chi connectivity index (χ0) is 10.7. The molecule has 15 heavy (non-hydrogen) atoms. The molecule has 2 aliphatic rings. The van der Waals surface area contributed by atoms with Crippen LogP contribution in [0.1, 0.15) is 42.4 Å². The third-order valence-corrected chi connectivity index (χ3v) is 4.13. The molecule has 0 unspecified atom stereocenters. The minimum Gasteiger partial charge on any atom is -0.321 e. The van der Waals surface area contributed by atoms with Gasteiger partial charge in [0.05, 0.1) is 0 Å². The number of hydrogen-bond donors (Lipinski definition) is 1. The van der Waals surface area contributed by atoms with Crippen LogP contribution in [0.15, 0.2) is 18.2 Å². The molecule has 2 saturated carbocycles. The van der Waals surface area contributed by atoms with Crippen molar-refractivity contribution >= 4 is 0 Å². The van der Waals surface area contributed by atoms with Gasteiger partial charge in [-0.25, -0.2) is 0 Å². The van der Waals surface area contributed by atoms with Crippen molar-refractivity contribution in [3.63, 3.8) is 0 Å². The van der Waals surface area contributed by atoms with Crippen molar-refractivity contribution in [3.8, 4) is 0 Å². The minimum absolute atomic E-state index is 0.00667. The lowest BCUT2D eigenvalue weighted by atomic mass is 9.62. The monoisotopic (exact) mass is 201 g/mol. The van der Waals surface area contributed by atoms with E-state index in [-0.39, 0.29) is 5.54 Å². The Kier molecular flexibility index (Phi) is 1.66. The van der Waals surface area contributed by atoms with Crippen molar-refractivity contribution < 1.29 is 0 Å². The van der Waals surface area contributed by atoms with Crippen LogP contribution in [0.4, 0.5) is 0 Å². The van der Waals surface area contributed by atoms with Crippen LogP contribution in [0.3, 0.4) is 0 Å². The second-order valence-corrected chi connectivity index (χ2v) is 5.89.